The third-order valence-electron chi connectivity index (χ3n) is 2.87. The number of nitrogens with zero attached hydrogens (tertiary/aromatic N) is 3. The van der Waals surface area contributed by atoms with Gasteiger partial charge < -0.3 is 0 Å². The van der Waals surface area contributed by atoms with Gasteiger partial charge in [0, 0.05) is 7.05 Å². The van der Waals surface area contributed by atoms with E-state index in [0.717, 1.165) is 14.9 Å². The Morgan fingerprint density at radius 2 is 1.86 bits per heavy atom. The molecule has 0 unspecified atom stereocenters. The summed E-state index contributed by atoms with van der Waals surface area (Å²) in [5.41, 5.74) is 0.964. The Kier molecular flexibility index (Phi) is 4.89. The van der Waals surface area contributed by atoms with E-state index in [1.165, 1.54) is 30.5 Å². The van der Waals surface area contributed by atoms with Crippen LogP contribution in [0.3, 0.4) is 0 Å². The zero-order chi connectivity index (χ0) is 16.3. The Hall–Kier alpha value is -1.84. The highest BCUT2D eigenvalue weighted by atomic mass is 32.2. The van der Waals surface area contributed by atoms with E-state index >= 15 is 0 Å². The van der Waals surface area contributed by atoms with Gasteiger partial charge in [-0.05, 0) is 26.0 Å². The number of likely N-dealkylation sites (N-methyl/N-ethyl adjacent to an activating group) is 1. The number of nitrogens with one attached hydrogen (secondary N) is 1. The topological polar surface area (TPSA) is 92.3 Å². The molecule has 2 aromatic rings. The summed E-state index contributed by atoms with van der Waals surface area (Å²) >= 11 is 1.23. The van der Waals surface area contributed by atoms with Crippen LogP contribution in [-0.2, 0) is 14.8 Å². The number of hydrogen-bond acceptors (Lipinski definition) is 6. The summed E-state index contributed by atoms with van der Waals surface area (Å²) in [6.07, 6.45) is 0. The lowest BCUT2D eigenvalue weighted by atomic mass is 10.2. The summed E-state index contributed by atoms with van der Waals surface area (Å²) < 4.78 is 25.7. The van der Waals surface area contributed by atoms with Crippen LogP contribution in [0.4, 0.5) is 5.13 Å². The molecule has 0 saturated carbocycles. The van der Waals surface area contributed by atoms with Crippen LogP contribution in [-0.4, -0.2) is 42.4 Å². The minimum Gasteiger partial charge on any atom is -0.299 e. The summed E-state index contributed by atoms with van der Waals surface area (Å²) in [5, 5.41) is 11.1. The minimum absolute atomic E-state index is 0.153. The van der Waals surface area contributed by atoms with Gasteiger partial charge in [0.25, 0.3) is 0 Å². The summed E-state index contributed by atoms with van der Waals surface area (Å²) in [5.74, 6) is -0.464. The molecule has 118 valence electrons. The number of sulfonamides is 1. The van der Waals surface area contributed by atoms with E-state index in [2.05, 4.69) is 15.5 Å². The Morgan fingerprint density at radius 1 is 1.23 bits per heavy atom. The maximum Gasteiger partial charge on any atom is 0.243 e. The fraction of sp³-hybridized carbons (Fsp3) is 0.308. The maximum atomic E-state index is 12.4. The van der Waals surface area contributed by atoms with Gasteiger partial charge in [-0.15, -0.1) is 10.2 Å². The number of carbonyl (C=O) groups is 1. The van der Waals surface area contributed by atoms with Crippen molar-refractivity contribution >= 4 is 32.4 Å². The molecule has 2 rings (SSSR count). The lowest BCUT2D eigenvalue weighted by Crippen LogP contribution is -2.34. The zero-order valence-corrected chi connectivity index (χ0v) is 14.0. The highest BCUT2D eigenvalue weighted by Crippen LogP contribution is 2.16. The average molecular weight is 340 g/mol. The van der Waals surface area contributed by atoms with Gasteiger partial charge in [0.15, 0.2) is 0 Å². The van der Waals surface area contributed by atoms with Crippen molar-refractivity contribution in [2.75, 3.05) is 18.9 Å². The highest BCUT2D eigenvalue weighted by molar-refractivity contribution is 7.89. The van der Waals surface area contributed by atoms with Crippen LogP contribution < -0.4 is 5.32 Å². The first kappa shape index (κ1) is 16.5. The minimum atomic E-state index is -3.70. The highest BCUT2D eigenvalue weighted by Gasteiger charge is 2.23. The van der Waals surface area contributed by atoms with Crippen molar-refractivity contribution in [1.29, 1.82) is 0 Å². The molecule has 1 aromatic heterocycles. The smallest absolute Gasteiger partial charge is 0.243 e. The summed E-state index contributed by atoms with van der Waals surface area (Å²) in [4.78, 5) is 12.0. The quantitative estimate of drug-likeness (QED) is 0.888. The molecule has 0 aliphatic rings. The van der Waals surface area contributed by atoms with Crippen LogP contribution in [0.25, 0.3) is 0 Å². The molecule has 1 heterocycles. The fourth-order valence-corrected chi connectivity index (χ4v) is 3.42. The van der Waals surface area contributed by atoms with E-state index < -0.39 is 15.9 Å². The predicted molar refractivity (Wildman–Crippen MR) is 84.3 cm³/mol. The first-order chi connectivity index (χ1) is 10.3. The van der Waals surface area contributed by atoms with Crippen LogP contribution in [0.2, 0.25) is 0 Å². The molecule has 0 radical (unpaired) electrons. The molecule has 9 heteroatoms. The number of anilines is 1. The molecule has 0 aliphatic heterocycles. The van der Waals surface area contributed by atoms with E-state index in [4.69, 9.17) is 0 Å². The molecular weight excluding hydrogens is 324 g/mol. The van der Waals surface area contributed by atoms with Gasteiger partial charge >= 0.3 is 0 Å². The van der Waals surface area contributed by atoms with E-state index in [1.807, 2.05) is 6.92 Å². The number of benzene rings is 1. The van der Waals surface area contributed by atoms with Crippen molar-refractivity contribution in [3.05, 3.63) is 34.8 Å². The Labute approximate surface area is 133 Å². The van der Waals surface area contributed by atoms with Gasteiger partial charge in [-0.25, -0.2) is 8.42 Å². The SMILES string of the molecule is Cc1ccc(S(=O)(=O)N(C)CC(=O)Nc2nnc(C)s2)cc1. The number of aromatic nitrogens is 2. The molecule has 0 bridgehead atoms. The van der Waals surface area contributed by atoms with Gasteiger partial charge in [-0.3, -0.25) is 10.1 Å². The van der Waals surface area contributed by atoms with E-state index in [1.54, 1.807) is 19.1 Å². The van der Waals surface area contributed by atoms with Gasteiger partial charge in [0.2, 0.25) is 21.1 Å². The largest absolute Gasteiger partial charge is 0.299 e. The normalized spacial score (nSPS) is 11.6. The third-order valence-corrected chi connectivity index (χ3v) is 5.44. The summed E-state index contributed by atoms with van der Waals surface area (Å²) in [7, 11) is -2.34. The predicted octanol–water partition coefficient (Wildman–Crippen LogP) is 1.41. The van der Waals surface area contributed by atoms with Crippen molar-refractivity contribution in [3.63, 3.8) is 0 Å². The molecule has 0 fully saturated rings. The fourth-order valence-electron chi connectivity index (χ4n) is 1.68. The first-order valence-electron chi connectivity index (χ1n) is 6.42. The van der Waals surface area contributed by atoms with Crippen LogP contribution in [0.5, 0.6) is 0 Å². The van der Waals surface area contributed by atoms with Gasteiger partial charge in [0.05, 0.1) is 11.4 Å². The molecule has 7 nitrogen and oxygen atoms in total. The molecule has 0 atom stereocenters. The second-order valence-electron chi connectivity index (χ2n) is 4.75. The number of rotatable bonds is 5. The monoisotopic (exact) mass is 340 g/mol. The molecule has 1 N–H and O–H groups in total. The lowest BCUT2D eigenvalue weighted by molar-refractivity contribution is -0.116. The molecule has 1 amide bonds. The van der Waals surface area contributed by atoms with Gasteiger partial charge in [0.1, 0.15) is 5.01 Å². The molecule has 22 heavy (non-hydrogen) atoms. The summed E-state index contributed by atoms with van der Waals surface area (Å²) in [6, 6.07) is 6.47. The van der Waals surface area contributed by atoms with Crippen molar-refractivity contribution < 1.29 is 13.2 Å². The lowest BCUT2D eigenvalue weighted by Gasteiger charge is -2.16. The zero-order valence-electron chi connectivity index (χ0n) is 12.4. The van der Waals surface area contributed by atoms with Crippen molar-refractivity contribution in [2.45, 2.75) is 18.7 Å². The number of hydrogen-bond donors (Lipinski definition) is 1. The maximum absolute atomic E-state index is 12.4. The van der Waals surface area contributed by atoms with Gasteiger partial charge in [-0.1, -0.05) is 29.0 Å². The van der Waals surface area contributed by atoms with Crippen molar-refractivity contribution in [2.24, 2.45) is 0 Å². The first-order valence-corrected chi connectivity index (χ1v) is 8.67. The van der Waals surface area contributed by atoms with Crippen LogP contribution >= 0.6 is 11.3 Å². The number of carbonyl (C=O) groups excluding carboxylic acids is 1. The number of amides is 1. The van der Waals surface area contributed by atoms with Crippen LogP contribution in [0.15, 0.2) is 29.2 Å². The molecular formula is C13H16N4O3S2. The number of aryl methyl sites for hydroxylation is 2. The Balaban J connectivity index is 2.05. The van der Waals surface area contributed by atoms with Crippen molar-refractivity contribution in [1.82, 2.24) is 14.5 Å². The Bertz CT molecular complexity index is 769. The second-order valence-corrected chi connectivity index (χ2v) is 7.98. The standard InChI is InChI=1S/C13H16N4O3S2/c1-9-4-6-11(7-5-9)22(19,20)17(3)8-12(18)14-13-16-15-10(2)21-13/h4-7H,8H2,1-3H3,(H,14,16,18). The van der Waals surface area contributed by atoms with E-state index in [-0.39, 0.29) is 11.4 Å². The van der Waals surface area contributed by atoms with Crippen molar-refractivity contribution in [3.8, 4) is 0 Å². The average Bonchev–Trinajstić information content (AvgIpc) is 2.84. The van der Waals surface area contributed by atoms with Crippen LogP contribution in [0.1, 0.15) is 10.6 Å². The van der Waals surface area contributed by atoms with Gasteiger partial charge in [-0.2, -0.15) is 4.31 Å². The molecule has 0 saturated heterocycles. The summed E-state index contributed by atoms with van der Waals surface area (Å²) in [6.45, 7) is 3.34. The van der Waals surface area contributed by atoms with Crippen LogP contribution in [0, 0.1) is 13.8 Å². The third kappa shape index (κ3) is 3.87. The molecule has 0 aliphatic carbocycles. The van der Waals surface area contributed by atoms with E-state index in [9.17, 15) is 13.2 Å². The second kappa shape index (κ2) is 6.51. The van der Waals surface area contributed by atoms with E-state index in [0.29, 0.717) is 5.13 Å². The Morgan fingerprint density at radius 3 is 2.41 bits per heavy atom. The molecule has 0 spiro atoms. The molecule has 1 aromatic carbocycles.